The van der Waals surface area contributed by atoms with Gasteiger partial charge in [-0.3, -0.25) is 0 Å². The molecule has 0 saturated carbocycles. The molecule has 0 bridgehead atoms. The summed E-state index contributed by atoms with van der Waals surface area (Å²) in [5.41, 5.74) is 1.36. The molecular formula is C15H14ClFN2OS. The first-order valence-electron chi connectivity index (χ1n) is 6.21. The molecule has 0 radical (unpaired) electrons. The van der Waals surface area contributed by atoms with E-state index < -0.39 is 5.82 Å². The average Bonchev–Trinajstić information content (AvgIpc) is 2.47. The molecule has 21 heavy (non-hydrogen) atoms. The molecule has 2 aromatic carbocycles. The summed E-state index contributed by atoms with van der Waals surface area (Å²) in [6.45, 7) is 0.230. The SMILES string of the molecule is CSc1ccc(NC(=O)NCc2ccc(F)cc2Cl)cc1. The van der Waals surface area contributed by atoms with Crippen LogP contribution in [0.4, 0.5) is 14.9 Å². The van der Waals surface area contributed by atoms with Crippen LogP contribution in [0, 0.1) is 5.82 Å². The monoisotopic (exact) mass is 324 g/mol. The van der Waals surface area contributed by atoms with Crippen LogP contribution in [0.2, 0.25) is 5.02 Å². The number of anilines is 1. The molecule has 0 fully saturated rings. The third kappa shape index (κ3) is 4.65. The number of benzene rings is 2. The average molecular weight is 325 g/mol. The van der Waals surface area contributed by atoms with Crippen LogP contribution in [0.5, 0.6) is 0 Å². The Morgan fingerprint density at radius 2 is 1.95 bits per heavy atom. The van der Waals surface area contributed by atoms with Gasteiger partial charge in [-0.05, 0) is 48.2 Å². The van der Waals surface area contributed by atoms with Crippen LogP contribution in [-0.2, 0) is 6.54 Å². The lowest BCUT2D eigenvalue weighted by molar-refractivity contribution is 0.251. The predicted octanol–water partition coefficient (Wildman–Crippen LogP) is 4.52. The van der Waals surface area contributed by atoms with Crippen molar-refractivity contribution in [3.05, 3.63) is 58.9 Å². The topological polar surface area (TPSA) is 41.1 Å². The summed E-state index contributed by atoms with van der Waals surface area (Å²) >= 11 is 7.53. The minimum atomic E-state index is -0.401. The molecule has 0 unspecified atom stereocenters. The Morgan fingerprint density at radius 3 is 2.57 bits per heavy atom. The number of amides is 2. The molecule has 0 aliphatic carbocycles. The quantitative estimate of drug-likeness (QED) is 0.812. The van der Waals surface area contributed by atoms with E-state index in [0.29, 0.717) is 16.3 Å². The van der Waals surface area contributed by atoms with Gasteiger partial charge in [-0.2, -0.15) is 0 Å². The van der Waals surface area contributed by atoms with Crippen LogP contribution in [0.15, 0.2) is 47.4 Å². The van der Waals surface area contributed by atoms with E-state index in [1.165, 1.54) is 12.1 Å². The second kappa shape index (κ2) is 7.33. The van der Waals surface area contributed by atoms with Gasteiger partial charge in [0, 0.05) is 22.2 Å². The summed E-state index contributed by atoms with van der Waals surface area (Å²) in [7, 11) is 0. The zero-order valence-electron chi connectivity index (χ0n) is 11.3. The summed E-state index contributed by atoms with van der Waals surface area (Å²) in [5.74, 6) is -0.401. The summed E-state index contributed by atoms with van der Waals surface area (Å²) in [5, 5.41) is 5.68. The van der Waals surface area contributed by atoms with Crippen molar-refractivity contribution in [1.82, 2.24) is 5.32 Å². The lowest BCUT2D eigenvalue weighted by Gasteiger charge is -2.09. The van der Waals surface area contributed by atoms with Gasteiger partial charge in [-0.25, -0.2) is 9.18 Å². The Hall–Kier alpha value is -1.72. The molecule has 0 spiro atoms. The predicted molar refractivity (Wildman–Crippen MR) is 85.5 cm³/mol. The highest BCUT2D eigenvalue weighted by molar-refractivity contribution is 7.98. The van der Waals surface area contributed by atoms with Gasteiger partial charge in [0.05, 0.1) is 0 Å². The van der Waals surface area contributed by atoms with E-state index in [-0.39, 0.29) is 12.6 Å². The number of carbonyl (C=O) groups excluding carboxylic acids is 1. The lowest BCUT2D eigenvalue weighted by atomic mass is 10.2. The molecule has 2 amide bonds. The smallest absolute Gasteiger partial charge is 0.319 e. The van der Waals surface area contributed by atoms with Crippen molar-refractivity contribution in [3.8, 4) is 0 Å². The highest BCUT2D eigenvalue weighted by Crippen LogP contribution is 2.18. The van der Waals surface area contributed by atoms with Gasteiger partial charge >= 0.3 is 6.03 Å². The molecule has 3 nitrogen and oxygen atoms in total. The second-order valence-electron chi connectivity index (χ2n) is 4.27. The van der Waals surface area contributed by atoms with E-state index in [1.807, 2.05) is 30.5 Å². The van der Waals surface area contributed by atoms with Crippen LogP contribution >= 0.6 is 23.4 Å². The maximum absolute atomic E-state index is 12.9. The first kappa shape index (κ1) is 15.7. The number of hydrogen-bond acceptors (Lipinski definition) is 2. The van der Waals surface area contributed by atoms with E-state index in [1.54, 1.807) is 17.8 Å². The van der Waals surface area contributed by atoms with E-state index in [0.717, 1.165) is 4.90 Å². The van der Waals surface area contributed by atoms with Crippen LogP contribution in [0.3, 0.4) is 0 Å². The van der Waals surface area contributed by atoms with Crippen molar-refractivity contribution >= 4 is 35.1 Å². The fraction of sp³-hybridized carbons (Fsp3) is 0.133. The van der Waals surface area contributed by atoms with Crippen LogP contribution < -0.4 is 10.6 Å². The first-order valence-corrected chi connectivity index (χ1v) is 7.81. The van der Waals surface area contributed by atoms with Gasteiger partial charge in [0.1, 0.15) is 5.82 Å². The number of halogens is 2. The van der Waals surface area contributed by atoms with Crippen molar-refractivity contribution < 1.29 is 9.18 Å². The van der Waals surface area contributed by atoms with Gasteiger partial charge in [-0.15, -0.1) is 11.8 Å². The van der Waals surface area contributed by atoms with Gasteiger partial charge in [-0.1, -0.05) is 17.7 Å². The zero-order chi connectivity index (χ0) is 15.2. The van der Waals surface area contributed by atoms with Crippen molar-refractivity contribution in [2.75, 3.05) is 11.6 Å². The second-order valence-corrected chi connectivity index (χ2v) is 5.56. The van der Waals surface area contributed by atoms with Gasteiger partial charge in [0.15, 0.2) is 0 Å². The first-order chi connectivity index (χ1) is 10.1. The van der Waals surface area contributed by atoms with E-state index in [2.05, 4.69) is 10.6 Å². The fourth-order valence-corrected chi connectivity index (χ4v) is 2.33. The Balaban J connectivity index is 1.89. The Morgan fingerprint density at radius 1 is 1.24 bits per heavy atom. The normalized spacial score (nSPS) is 10.2. The molecule has 0 heterocycles. The van der Waals surface area contributed by atoms with E-state index in [9.17, 15) is 9.18 Å². The molecule has 0 aromatic heterocycles. The number of rotatable bonds is 4. The minimum Gasteiger partial charge on any atom is -0.334 e. The largest absolute Gasteiger partial charge is 0.334 e. The highest BCUT2D eigenvalue weighted by atomic mass is 35.5. The maximum Gasteiger partial charge on any atom is 0.319 e. The molecule has 110 valence electrons. The fourth-order valence-electron chi connectivity index (χ4n) is 1.69. The lowest BCUT2D eigenvalue weighted by Crippen LogP contribution is -2.28. The van der Waals surface area contributed by atoms with Crippen molar-refractivity contribution in [3.63, 3.8) is 0 Å². The van der Waals surface area contributed by atoms with E-state index >= 15 is 0 Å². The molecule has 0 atom stereocenters. The third-order valence-electron chi connectivity index (χ3n) is 2.80. The molecule has 0 aliphatic rings. The standard InChI is InChI=1S/C15H14ClFN2OS/c1-21-13-6-4-12(5-7-13)19-15(20)18-9-10-2-3-11(17)8-14(10)16/h2-8H,9H2,1H3,(H2,18,19,20). The van der Waals surface area contributed by atoms with Crippen molar-refractivity contribution in [2.45, 2.75) is 11.4 Å². The Kier molecular flexibility index (Phi) is 5.47. The number of urea groups is 1. The third-order valence-corrected chi connectivity index (χ3v) is 3.90. The van der Waals surface area contributed by atoms with Crippen molar-refractivity contribution in [2.24, 2.45) is 0 Å². The van der Waals surface area contributed by atoms with E-state index in [4.69, 9.17) is 11.6 Å². The van der Waals surface area contributed by atoms with Gasteiger partial charge in [0.2, 0.25) is 0 Å². The Labute approximate surface area is 131 Å². The molecule has 0 saturated heterocycles. The summed E-state index contributed by atoms with van der Waals surface area (Å²) < 4.78 is 12.9. The molecule has 2 rings (SSSR count). The number of nitrogens with one attached hydrogen (secondary N) is 2. The molecule has 6 heteroatoms. The molecule has 2 aromatic rings. The van der Waals surface area contributed by atoms with Crippen LogP contribution in [-0.4, -0.2) is 12.3 Å². The maximum atomic E-state index is 12.9. The zero-order valence-corrected chi connectivity index (χ0v) is 12.9. The van der Waals surface area contributed by atoms with Crippen LogP contribution in [0.1, 0.15) is 5.56 Å². The number of carbonyl (C=O) groups is 1. The Bertz CT molecular complexity index is 634. The van der Waals surface area contributed by atoms with Gasteiger partial charge in [0.25, 0.3) is 0 Å². The summed E-state index contributed by atoms with van der Waals surface area (Å²) in [6.07, 6.45) is 1.99. The minimum absolute atomic E-state index is 0.230. The molecule has 0 aliphatic heterocycles. The highest BCUT2D eigenvalue weighted by Gasteiger charge is 2.05. The number of hydrogen-bond donors (Lipinski definition) is 2. The molecular weight excluding hydrogens is 311 g/mol. The summed E-state index contributed by atoms with van der Waals surface area (Å²) in [6, 6.07) is 11.2. The van der Waals surface area contributed by atoms with Gasteiger partial charge < -0.3 is 10.6 Å². The molecule has 2 N–H and O–H groups in total. The van der Waals surface area contributed by atoms with Crippen LogP contribution in [0.25, 0.3) is 0 Å². The number of thioether (sulfide) groups is 1. The van der Waals surface area contributed by atoms with Crippen molar-refractivity contribution in [1.29, 1.82) is 0 Å². The summed E-state index contributed by atoms with van der Waals surface area (Å²) in [4.78, 5) is 12.9.